The van der Waals surface area contributed by atoms with Crippen LogP contribution in [0.5, 0.6) is 17.2 Å². The summed E-state index contributed by atoms with van der Waals surface area (Å²) in [6.07, 6.45) is 2.13. The van der Waals surface area contributed by atoms with E-state index in [4.69, 9.17) is 18.9 Å². The standard InChI is InChI=1S/C20H20BrNO5/c21-15-10-18-19(26-9-8-25-18)11-16(15)22-20(23)14-5-1-2-6-17(14)27-12-13-4-3-7-24-13/h1-2,5-6,10-11,13H,3-4,7-9,12H2,(H,22,23)/t13-/m0/s1. The van der Waals surface area contributed by atoms with Crippen molar-refractivity contribution in [2.45, 2.75) is 18.9 Å². The normalized spacial score (nSPS) is 18.2. The van der Waals surface area contributed by atoms with Crippen molar-refractivity contribution in [2.24, 2.45) is 0 Å². The van der Waals surface area contributed by atoms with Crippen molar-refractivity contribution in [3.8, 4) is 17.2 Å². The number of amides is 1. The Kier molecular flexibility index (Phi) is 5.50. The van der Waals surface area contributed by atoms with Crippen LogP contribution in [0.1, 0.15) is 23.2 Å². The molecule has 2 aromatic rings. The number of rotatable bonds is 5. The minimum Gasteiger partial charge on any atom is -0.490 e. The highest BCUT2D eigenvalue weighted by molar-refractivity contribution is 9.10. The minimum absolute atomic E-state index is 0.0908. The van der Waals surface area contributed by atoms with E-state index in [0.29, 0.717) is 48.3 Å². The molecule has 0 unspecified atom stereocenters. The summed E-state index contributed by atoms with van der Waals surface area (Å²) in [4.78, 5) is 12.8. The van der Waals surface area contributed by atoms with Crippen LogP contribution in [0.2, 0.25) is 0 Å². The van der Waals surface area contributed by atoms with Gasteiger partial charge in [-0.15, -0.1) is 0 Å². The van der Waals surface area contributed by atoms with Crippen LogP contribution < -0.4 is 19.5 Å². The summed E-state index contributed by atoms with van der Waals surface area (Å²) in [5, 5.41) is 2.91. The number of fused-ring (bicyclic) bond motifs is 1. The Bertz CT molecular complexity index is 835. The fourth-order valence-corrected chi connectivity index (χ4v) is 3.51. The van der Waals surface area contributed by atoms with Crippen molar-refractivity contribution in [3.63, 3.8) is 0 Å². The van der Waals surface area contributed by atoms with E-state index in [9.17, 15) is 4.79 Å². The topological polar surface area (TPSA) is 66.0 Å². The van der Waals surface area contributed by atoms with Crippen molar-refractivity contribution in [1.82, 2.24) is 0 Å². The number of anilines is 1. The molecule has 0 saturated carbocycles. The molecular weight excluding hydrogens is 414 g/mol. The molecule has 27 heavy (non-hydrogen) atoms. The molecule has 1 saturated heterocycles. The number of para-hydroxylation sites is 1. The van der Waals surface area contributed by atoms with E-state index in [1.807, 2.05) is 12.1 Å². The largest absolute Gasteiger partial charge is 0.490 e. The Morgan fingerprint density at radius 2 is 1.93 bits per heavy atom. The Balaban J connectivity index is 1.50. The highest BCUT2D eigenvalue weighted by Gasteiger charge is 2.20. The SMILES string of the molecule is O=C(Nc1cc2c(cc1Br)OCCO2)c1ccccc1OC[C@@H]1CCCO1. The van der Waals surface area contributed by atoms with Gasteiger partial charge < -0.3 is 24.3 Å². The van der Waals surface area contributed by atoms with Crippen molar-refractivity contribution < 1.29 is 23.7 Å². The molecule has 1 N–H and O–H groups in total. The van der Waals surface area contributed by atoms with Gasteiger partial charge in [-0.25, -0.2) is 0 Å². The zero-order chi connectivity index (χ0) is 18.6. The fraction of sp³-hybridized carbons (Fsp3) is 0.350. The quantitative estimate of drug-likeness (QED) is 0.770. The highest BCUT2D eigenvalue weighted by Crippen LogP contribution is 2.38. The maximum atomic E-state index is 12.8. The second kappa shape index (κ2) is 8.19. The zero-order valence-corrected chi connectivity index (χ0v) is 16.3. The minimum atomic E-state index is -0.254. The maximum Gasteiger partial charge on any atom is 0.259 e. The lowest BCUT2D eigenvalue weighted by Crippen LogP contribution is -2.19. The van der Waals surface area contributed by atoms with E-state index in [1.54, 1.807) is 24.3 Å². The second-order valence-electron chi connectivity index (χ2n) is 6.37. The lowest BCUT2D eigenvalue weighted by molar-refractivity contribution is 0.0673. The molecule has 2 aliphatic rings. The number of hydrogen-bond donors (Lipinski definition) is 1. The van der Waals surface area contributed by atoms with Crippen LogP contribution in [-0.2, 0) is 4.74 Å². The van der Waals surface area contributed by atoms with Crippen LogP contribution in [-0.4, -0.2) is 38.4 Å². The van der Waals surface area contributed by atoms with Crippen LogP contribution in [0, 0.1) is 0 Å². The van der Waals surface area contributed by atoms with E-state index in [0.717, 1.165) is 23.9 Å². The van der Waals surface area contributed by atoms with Crippen LogP contribution in [0.25, 0.3) is 0 Å². The Morgan fingerprint density at radius 1 is 1.15 bits per heavy atom. The molecule has 6 nitrogen and oxygen atoms in total. The van der Waals surface area contributed by atoms with Crippen LogP contribution in [0.3, 0.4) is 0 Å². The summed E-state index contributed by atoms with van der Waals surface area (Å²) < 4.78 is 23.3. The molecule has 4 rings (SSSR count). The van der Waals surface area contributed by atoms with Crippen LogP contribution in [0.4, 0.5) is 5.69 Å². The van der Waals surface area contributed by atoms with Gasteiger partial charge in [0.25, 0.3) is 5.91 Å². The van der Waals surface area contributed by atoms with Gasteiger partial charge in [0.05, 0.1) is 17.4 Å². The van der Waals surface area contributed by atoms with E-state index >= 15 is 0 Å². The molecule has 2 aromatic carbocycles. The van der Waals surface area contributed by atoms with Gasteiger partial charge in [-0.05, 0) is 40.9 Å². The first-order valence-corrected chi connectivity index (χ1v) is 9.74. The predicted molar refractivity (Wildman–Crippen MR) is 104 cm³/mol. The average molecular weight is 434 g/mol. The Morgan fingerprint density at radius 3 is 2.70 bits per heavy atom. The van der Waals surface area contributed by atoms with Crippen LogP contribution in [0.15, 0.2) is 40.9 Å². The molecule has 2 aliphatic heterocycles. The summed E-state index contributed by atoms with van der Waals surface area (Å²) in [7, 11) is 0. The number of benzene rings is 2. The van der Waals surface area contributed by atoms with Gasteiger partial charge in [-0.3, -0.25) is 4.79 Å². The molecule has 1 amide bonds. The molecule has 0 aliphatic carbocycles. The highest BCUT2D eigenvalue weighted by atomic mass is 79.9. The predicted octanol–water partition coefficient (Wildman–Crippen LogP) is 4.03. The monoisotopic (exact) mass is 433 g/mol. The zero-order valence-electron chi connectivity index (χ0n) is 14.7. The molecule has 0 spiro atoms. The number of ether oxygens (including phenoxy) is 4. The van der Waals surface area contributed by atoms with Gasteiger partial charge in [0, 0.05) is 23.2 Å². The van der Waals surface area contributed by atoms with Gasteiger partial charge in [-0.1, -0.05) is 12.1 Å². The van der Waals surface area contributed by atoms with E-state index in [-0.39, 0.29) is 12.0 Å². The molecule has 7 heteroatoms. The van der Waals surface area contributed by atoms with Gasteiger partial charge in [0.15, 0.2) is 11.5 Å². The number of nitrogens with one attached hydrogen (secondary N) is 1. The summed E-state index contributed by atoms with van der Waals surface area (Å²) >= 11 is 3.47. The second-order valence-corrected chi connectivity index (χ2v) is 7.23. The first-order chi connectivity index (χ1) is 13.2. The van der Waals surface area contributed by atoms with E-state index < -0.39 is 0 Å². The first kappa shape index (κ1) is 18.1. The third-order valence-electron chi connectivity index (χ3n) is 4.46. The lowest BCUT2D eigenvalue weighted by Gasteiger charge is -2.20. The summed E-state index contributed by atoms with van der Waals surface area (Å²) in [5.41, 5.74) is 1.08. The van der Waals surface area contributed by atoms with Crippen LogP contribution >= 0.6 is 15.9 Å². The molecule has 142 valence electrons. The third kappa shape index (κ3) is 4.20. The fourth-order valence-electron chi connectivity index (χ4n) is 3.09. The van der Waals surface area contributed by atoms with Gasteiger partial charge in [0.1, 0.15) is 25.6 Å². The average Bonchev–Trinajstić information content (AvgIpc) is 3.21. The van der Waals surface area contributed by atoms with E-state index in [2.05, 4.69) is 21.2 Å². The summed E-state index contributed by atoms with van der Waals surface area (Å²) in [5.74, 6) is 1.56. The number of carbonyl (C=O) groups excluding carboxylic acids is 1. The van der Waals surface area contributed by atoms with E-state index in [1.165, 1.54) is 0 Å². The first-order valence-electron chi connectivity index (χ1n) is 8.94. The van der Waals surface area contributed by atoms with Gasteiger partial charge >= 0.3 is 0 Å². The third-order valence-corrected chi connectivity index (χ3v) is 5.12. The van der Waals surface area contributed by atoms with Crippen molar-refractivity contribution in [3.05, 3.63) is 46.4 Å². The molecule has 0 aromatic heterocycles. The molecule has 0 radical (unpaired) electrons. The molecule has 2 heterocycles. The smallest absolute Gasteiger partial charge is 0.259 e. The number of hydrogen-bond acceptors (Lipinski definition) is 5. The lowest BCUT2D eigenvalue weighted by atomic mass is 10.1. The Hall–Kier alpha value is -2.25. The van der Waals surface area contributed by atoms with Gasteiger partial charge in [-0.2, -0.15) is 0 Å². The molecule has 1 fully saturated rings. The maximum absolute atomic E-state index is 12.8. The molecular formula is C20H20BrNO5. The molecule has 1 atom stereocenters. The van der Waals surface area contributed by atoms with Crippen molar-refractivity contribution >= 4 is 27.5 Å². The number of carbonyl (C=O) groups is 1. The Labute approximate surface area is 165 Å². The van der Waals surface area contributed by atoms with Crippen molar-refractivity contribution in [1.29, 1.82) is 0 Å². The summed E-state index contributed by atoms with van der Waals surface area (Å²) in [6.45, 7) is 2.22. The van der Waals surface area contributed by atoms with Gasteiger partial charge in [0.2, 0.25) is 0 Å². The number of halogens is 1. The molecule has 0 bridgehead atoms. The summed E-state index contributed by atoms with van der Waals surface area (Å²) in [6, 6.07) is 10.7. The van der Waals surface area contributed by atoms with Crippen molar-refractivity contribution in [2.75, 3.05) is 31.7 Å².